The number of rotatable bonds is 6. The number of nitrogens with zero attached hydrogens (tertiary/aromatic N) is 2. The molecular formula is C13H25N3O4S. The molecule has 2 aliphatic rings. The number of amides is 1. The summed E-state index contributed by atoms with van der Waals surface area (Å²) in [6, 6.07) is 0.0190. The van der Waals surface area contributed by atoms with Gasteiger partial charge >= 0.3 is 0 Å². The molecule has 1 atom stereocenters. The summed E-state index contributed by atoms with van der Waals surface area (Å²) in [4.78, 5) is 13.8. The lowest BCUT2D eigenvalue weighted by molar-refractivity contribution is -0.135. The van der Waals surface area contributed by atoms with Crippen molar-refractivity contribution in [2.45, 2.75) is 25.3 Å². The Bertz CT molecular complexity index is 454. The third-order valence-corrected chi connectivity index (χ3v) is 5.99. The first-order valence-electron chi connectivity index (χ1n) is 7.51. The number of methoxy groups -OCH3 is 1. The third-order valence-electron chi connectivity index (χ3n) is 4.07. The minimum atomic E-state index is -3.24. The number of sulfonamides is 1. The summed E-state index contributed by atoms with van der Waals surface area (Å²) in [6.45, 7) is 3.25. The molecular weight excluding hydrogens is 294 g/mol. The maximum atomic E-state index is 12.3. The Balaban J connectivity index is 1.95. The zero-order valence-electron chi connectivity index (χ0n) is 12.6. The van der Waals surface area contributed by atoms with E-state index < -0.39 is 10.0 Å². The predicted molar refractivity (Wildman–Crippen MR) is 79.5 cm³/mol. The van der Waals surface area contributed by atoms with Gasteiger partial charge in [0, 0.05) is 45.9 Å². The lowest BCUT2D eigenvalue weighted by atomic mass is 10.1. The molecule has 0 aromatic carbocycles. The SMILES string of the molecule is COCCCS(=O)(=O)N1CCCC(N2CCNCC2=O)C1. The van der Waals surface area contributed by atoms with E-state index >= 15 is 0 Å². The number of carbonyl (C=O) groups is 1. The maximum absolute atomic E-state index is 12.3. The van der Waals surface area contributed by atoms with Crippen LogP contribution in [0.15, 0.2) is 0 Å². The predicted octanol–water partition coefficient (Wildman–Crippen LogP) is -0.751. The normalized spacial score (nSPS) is 25.3. The van der Waals surface area contributed by atoms with Gasteiger partial charge in [-0.15, -0.1) is 0 Å². The Kier molecular flexibility index (Phi) is 5.98. The van der Waals surface area contributed by atoms with Gasteiger partial charge in [-0.2, -0.15) is 4.31 Å². The summed E-state index contributed by atoms with van der Waals surface area (Å²) in [5.41, 5.74) is 0. The number of piperidine rings is 1. The molecule has 122 valence electrons. The molecule has 0 spiro atoms. The van der Waals surface area contributed by atoms with Crippen LogP contribution in [-0.2, 0) is 19.6 Å². The van der Waals surface area contributed by atoms with Crippen molar-refractivity contribution in [2.75, 3.05) is 52.2 Å². The molecule has 1 unspecified atom stereocenters. The average molecular weight is 319 g/mol. The van der Waals surface area contributed by atoms with Gasteiger partial charge in [0.15, 0.2) is 0 Å². The van der Waals surface area contributed by atoms with Crippen molar-refractivity contribution in [3.63, 3.8) is 0 Å². The molecule has 2 heterocycles. The van der Waals surface area contributed by atoms with Gasteiger partial charge < -0.3 is 15.0 Å². The number of hydrogen-bond donors (Lipinski definition) is 1. The van der Waals surface area contributed by atoms with Crippen LogP contribution in [-0.4, -0.2) is 81.8 Å². The van der Waals surface area contributed by atoms with E-state index in [1.165, 1.54) is 0 Å². The standard InChI is InChI=1S/C13H25N3O4S/c1-20-8-3-9-21(18,19)15-6-2-4-12(11-15)16-7-5-14-10-13(16)17/h12,14H,2-11H2,1H3. The van der Waals surface area contributed by atoms with Gasteiger partial charge in [-0.25, -0.2) is 8.42 Å². The highest BCUT2D eigenvalue weighted by Crippen LogP contribution is 2.20. The van der Waals surface area contributed by atoms with Crippen molar-refractivity contribution in [1.29, 1.82) is 0 Å². The highest BCUT2D eigenvalue weighted by atomic mass is 32.2. The van der Waals surface area contributed by atoms with E-state index in [1.54, 1.807) is 11.4 Å². The average Bonchev–Trinajstić information content (AvgIpc) is 2.48. The molecule has 8 heteroatoms. The summed E-state index contributed by atoms with van der Waals surface area (Å²) >= 11 is 0. The van der Waals surface area contributed by atoms with E-state index in [-0.39, 0.29) is 17.7 Å². The van der Waals surface area contributed by atoms with E-state index in [1.807, 2.05) is 4.90 Å². The highest BCUT2D eigenvalue weighted by Gasteiger charge is 2.34. The fourth-order valence-electron chi connectivity index (χ4n) is 2.95. The van der Waals surface area contributed by atoms with Gasteiger partial charge in [0.25, 0.3) is 0 Å². The van der Waals surface area contributed by atoms with Crippen molar-refractivity contribution in [2.24, 2.45) is 0 Å². The number of carbonyl (C=O) groups excluding carboxylic acids is 1. The van der Waals surface area contributed by atoms with Crippen molar-refractivity contribution in [3.05, 3.63) is 0 Å². The molecule has 2 aliphatic heterocycles. The summed E-state index contributed by atoms with van der Waals surface area (Å²) < 4.78 is 31.1. The number of hydrogen-bond acceptors (Lipinski definition) is 5. The lowest BCUT2D eigenvalue weighted by Gasteiger charge is -2.40. The van der Waals surface area contributed by atoms with Crippen molar-refractivity contribution in [3.8, 4) is 0 Å². The molecule has 0 aromatic heterocycles. The van der Waals surface area contributed by atoms with Crippen LogP contribution in [0, 0.1) is 0 Å². The molecule has 1 amide bonds. The Hall–Kier alpha value is -0.700. The van der Waals surface area contributed by atoms with Gasteiger partial charge in [-0.05, 0) is 19.3 Å². The fourth-order valence-corrected chi connectivity index (χ4v) is 4.50. The van der Waals surface area contributed by atoms with Crippen molar-refractivity contribution >= 4 is 15.9 Å². The monoisotopic (exact) mass is 319 g/mol. The molecule has 0 aliphatic carbocycles. The summed E-state index contributed by atoms with van der Waals surface area (Å²) in [7, 11) is -1.68. The first kappa shape index (κ1) is 16.7. The van der Waals surface area contributed by atoms with E-state index in [0.29, 0.717) is 39.2 Å². The largest absolute Gasteiger partial charge is 0.385 e. The zero-order chi connectivity index (χ0) is 15.3. The summed E-state index contributed by atoms with van der Waals surface area (Å²) in [5, 5.41) is 3.04. The maximum Gasteiger partial charge on any atom is 0.236 e. The molecule has 0 aromatic rings. The second-order valence-electron chi connectivity index (χ2n) is 5.58. The highest BCUT2D eigenvalue weighted by molar-refractivity contribution is 7.89. The zero-order valence-corrected chi connectivity index (χ0v) is 13.4. The Morgan fingerprint density at radius 3 is 2.90 bits per heavy atom. The second kappa shape index (κ2) is 7.53. The molecule has 2 rings (SSSR count). The van der Waals surface area contributed by atoms with Crippen LogP contribution in [0.25, 0.3) is 0 Å². The summed E-state index contributed by atoms with van der Waals surface area (Å²) in [6.07, 6.45) is 2.20. The van der Waals surface area contributed by atoms with Gasteiger partial charge in [0.2, 0.25) is 15.9 Å². The smallest absolute Gasteiger partial charge is 0.236 e. The number of piperazine rings is 1. The molecule has 0 saturated carbocycles. The van der Waals surface area contributed by atoms with E-state index in [9.17, 15) is 13.2 Å². The van der Waals surface area contributed by atoms with Crippen LogP contribution in [0.1, 0.15) is 19.3 Å². The van der Waals surface area contributed by atoms with Crippen LogP contribution < -0.4 is 5.32 Å². The Morgan fingerprint density at radius 1 is 1.38 bits per heavy atom. The van der Waals surface area contributed by atoms with Crippen LogP contribution in [0.5, 0.6) is 0 Å². The van der Waals surface area contributed by atoms with E-state index in [4.69, 9.17) is 4.74 Å². The first-order valence-corrected chi connectivity index (χ1v) is 9.12. The molecule has 21 heavy (non-hydrogen) atoms. The number of nitrogens with one attached hydrogen (secondary N) is 1. The van der Waals surface area contributed by atoms with Crippen LogP contribution >= 0.6 is 0 Å². The molecule has 0 radical (unpaired) electrons. The first-order chi connectivity index (χ1) is 10.0. The fraction of sp³-hybridized carbons (Fsp3) is 0.923. The van der Waals surface area contributed by atoms with Gasteiger partial charge in [-0.1, -0.05) is 0 Å². The number of ether oxygens (including phenoxy) is 1. The molecule has 0 bridgehead atoms. The van der Waals surface area contributed by atoms with Crippen LogP contribution in [0.4, 0.5) is 0 Å². The quantitative estimate of drug-likeness (QED) is 0.652. The van der Waals surface area contributed by atoms with Gasteiger partial charge in [0.1, 0.15) is 0 Å². The summed E-state index contributed by atoms with van der Waals surface area (Å²) in [5.74, 6) is 0.188. The topological polar surface area (TPSA) is 79.0 Å². The lowest BCUT2D eigenvalue weighted by Crippen LogP contribution is -2.57. The molecule has 2 fully saturated rings. The molecule has 1 N–H and O–H groups in total. The van der Waals surface area contributed by atoms with E-state index in [0.717, 1.165) is 19.4 Å². The molecule has 2 saturated heterocycles. The van der Waals surface area contributed by atoms with E-state index in [2.05, 4.69) is 5.32 Å². The molecule has 7 nitrogen and oxygen atoms in total. The van der Waals surface area contributed by atoms with Crippen molar-refractivity contribution in [1.82, 2.24) is 14.5 Å². The van der Waals surface area contributed by atoms with Gasteiger partial charge in [0.05, 0.1) is 12.3 Å². The second-order valence-corrected chi connectivity index (χ2v) is 7.67. The Morgan fingerprint density at radius 2 is 2.19 bits per heavy atom. The Labute approximate surface area is 126 Å². The third kappa shape index (κ3) is 4.38. The van der Waals surface area contributed by atoms with Crippen LogP contribution in [0.3, 0.4) is 0 Å². The minimum Gasteiger partial charge on any atom is -0.385 e. The van der Waals surface area contributed by atoms with Gasteiger partial charge in [-0.3, -0.25) is 4.79 Å². The van der Waals surface area contributed by atoms with Crippen molar-refractivity contribution < 1.29 is 17.9 Å². The van der Waals surface area contributed by atoms with Crippen LogP contribution in [0.2, 0.25) is 0 Å². The minimum absolute atomic E-state index is 0.0190.